The average molecular weight is 195 g/mol. The Hall–Kier alpha value is -0.870. The van der Waals surface area contributed by atoms with Crippen molar-refractivity contribution in [2.45, 2.75) is 38.8 Å². The number of β-amino-alcohol motifs (C(OH)–C–C–N with tert-alkyl or cyclic N) is 1. The zero-order chi connectivity index (χ0) is 10.3. The maximum absolute atomic E-state index is 9.87. The molecule has 4 nitrogen and oxygen atoms in total. The number of aromatic nitrogens is 2. The number of nitrogens with one attached hydrogen (secondary N) is 2. The first-order chi connectivity index (χ1) is 6.50. The van der Waals surface area contributed by atoms with Gasteiger partial charge in [-0.05, 0) is 0 Å². The van der Waals surface area contributed by atoms with Gasteiger partial charge in [0.05, 0.1) is 17.5 Å². The van der Waals surface area contributed by atoms with E-state index in [1.165, 1.54) is 0 Å². The van der Waals surface area contributed by atoms with Crippen LogP contribution in [0.15, 0.2) is 0 Å². The SMILES string of the molecule is CC(C)(C)c1n[nH]c2c1C(O)CNC2. The van der Waals surface area contributed by atoms with Crippen molar-refractivity contribution < 1.29 is 5.11 Å². The zero-order valence-corrected chi connectivity index (χ0v) is 8.89. The molecule has 0 aliphatic carbocycles. The number of rotatable bonds is 0. The summed E-state index contributed by atoms with van der Waals surface area (Å²) in [5.74, 6) is 0. The summed E-state index contributed by atoms with van der Waals surface area (Å²) in [6.45, 7) is 7.72. The Balaban J connectivity index is 2.49. The highest BCUT2D eigenvalue weighted by atomic mass is 16.3. The van der Waals surface area contributed by atoms with Gasteiger partial charge in [-0.25, -0.2) is 0 Å². The summed E-state index contributed by atoms with van der Waals surface area (Å²) < 4.78 is 0. The highest BCUT2D eigenvalue weighted by Gasteiger charge is 2.29. The van der Waals surface area contributed by atoms with Gasteiger partial charge in [0.2, 0.25) is 0 Å². The average Bonchev–Trinajstić information content (AvgIpc) is 2.47. The van der Waals surface area contributed by atoms with Crippen LogP contribution >= 0.6 is 0 Å². The number of H-pyrrole nitrogens is 1. The third-order valence-corrected chi connectivity index (χ3v) is 2.57. The van der Waals surface area contributed by atoms with Crippen LogP contribution in [0.2, 0.25) is 0 Å². The van der Waals surface area contributed by atoms with E-state index in [9.17, 15) is 5.11 Å². The van der Waals surface area contributed by atoms with Crippen molar-refractivity contribution in [3.63, 3.8) is 0 Å². The molecule has 0 aromatic carbocycles. The van der Waals surface area contributed by atoms with Crippen molar-refractivity contribution in [3.8, 4) is 0 Å². The molecule has 1 aliphatic heterocycles. The van der Waals surface area contributed by atoms with Crippen molar-refractivity contribution >= 4 is 0 Å². The van der Waals surface area contributed by atoms with Crippen LogP contribution < -0.4 is 5.32 Å². The molecular formula is C10H17N3O. The first kappa shape index (κ1) is 9.68. The van der Waals surface area contributed by atoms with Gasteiger partial charge in [0.1, 0.15) is 0 Å². The molecule has 14 heavy (non-hydrogen) atoms. The second-order valence-electron chi connectivity index (χ2n) is 4.86. The van der Waals surface area contributed by atoms with Crippen LogP contribution in [-0.2, 0) is 12.0 Å². The van der Waals surface area contributed by atoms with Gasteiger partial charge in [0.25, 0.3) is 0 Å². The van der Waals surface area contributed by atoms with Crippen molar-refractivity contribution in [2.24, 2.45) is 0 Å². The quantitative estimate of drug-likeness (QED) is 0.575. The molecule has 0 spiro atoms. The summed E-state index contributed by atoms with van der Waals surface area (Å²) >= 11 is 0. The minimum atomic E-state index is -0.424. The molecule has 1 aromatic rings. The molecule has 2 heterocycles. The lowest BCUT2D eigenvalue weighted by molar-refractivity contribution is 0.162. The molecule has 78 valence electrons. The molecule has 1 aromatic heterocycles. The Morgan fingerprint density at radius 3 is 2.79 bits per heavy atom. The molecule has 0 saturated heterocycles. The fraction of sp³-hybridized carbons (Fsp3) is 0.700. The van der Waals surface area contributed by atoms with Gasteiger partial charge in [-0.3, -0.25) is 5.10 Å². The van der Waals surface area contributed by atoms with Gasteiger partial charge >= 0.3 is 0 Å². The van der Waals surface area contributed by atoms with E-state index in [1.807, 2.05) is 0 Å². The Morgan fingerprint density at radius 1 is 1.43 bits per heavy atom. The fourth-order valence-electron chi connectivity index (χ4n) is 1.89. The smallest absolute Gasteiger partial charge is 0.0950 e. The lowest BCUT2D eigenvalue weighted by Gasteiger charge is -2.24. The van der Waals surface area contributed by atoms with Crippen LogP contribution in [0, 0.1) is 0 Å². The summed E-state index contributed by atoms with van der Waals surface area (Å²) in [6.07, 6.45) is -0.424. The number of aromatic amines is 1. The van der Waals surface area contributed by atoms with Gasteiger partial charge in [-0.1, -0.05) is 20.8 Å². The van der Waals surface area contributed by atoms with E-state index in [4.69, 9.17) is 0 Å². The molecule has 0 bridgehead atoms. The minimum Gasteiger partial charge on any atom is -0.387 e. The van der Waals surface area contributed by atoms with E-state index in [0.717, 1.165) is 23.5 Å². The molecule has 0 amide bonds. The number of hydrogen-bond acceptors (Lipinski definition) is 3. The molecule has 1 unspecified atom stereocenters. The number of aliphatic hydroxyl groups is 1. The van der Waals surface area contributed by atoms with Crippen LogP contribution in [-0.4, -0.2) is 21.8 Å². The van der Waals surface area contributed by atoms with E-state index < -0.39 is 6.10 Å². The monoisotopic (exact) mass is 195 g/mol. The fourth-order valence-corrected chi connectivity index (χ4v) is 1.89. The Bertz CT molecular complexity index is 338. The van der Waals surface area contributed by atoms with Crippen LogP contribution in [0.1, 0.15) is 43.8 Å². The molecule has 2 rings (SSSR count). The zero-order valence-electron chi connectivity index (χ0n) is 8.89. The van der Waals surface area contributed by atoms with Crippen LogP contribution in [0.25, 0.3) is 0 Å². The van der Waals surface area contributed by atoms with E-state index in [1.54, 1.807) is 0 Å². The molecule has 3 N–H and O–H groups in total. The van der Waals surface area contributed by atoms with E-state index in [-0.39, 0.29) is 5.41 Å². The summed E-state index contributed by atoms with van der Waals surface area (Å²) in [5, 5.41) is 20.3. The van der Waals surface area contributed by atoms with Crippen LogP contribution in [0.3, 0.4) is 0 Å². The molecular weight excluding hydrogens is 178 g/mol. The Morgan fingerprint density at radius 2 is 2.14 bits per heavy atom. The first-order valence-electron chi connectivity index (χ1n) is 4.96. The van der Waals surface area contributed by atoms with Gasteiger partial charge in [-0.15, -0.1) is 0 Å². The predicted octanol–water partition coefficient (Wildman–Crippen LogP) is 0.844. The standard InChI is InChI=1S/C10H17N3O/c1-10(2,3)9-8-6(12-13-9)4-11-5-7(8)14/h7,11,14H,4-5H2,1-3H3,(H,12,13). The molecule has 0 radical (unpaired) electrons. The van der Waals surface area contributed by atoms with Gasteiger partial charge in [0.15, 0.2) is 0 Å². The normalized spacial score (nSPS) is 22.1. The van der Waals surface area contributed by atoms with E-state index >= 15 is 0 Å². The predicted molar refractivity (Wildman–Crippen MR) is 54.0 cm³/mol. The highest BCUT2D eigenvalue weighted by Crippen LogP contribution is 2.31. The van der Waals surface area contributed by atoms with Crippen LogP contribution in [0.5, 0.6) is 0 Å². The number of aliphatic hydroxyl groups excluding tert-OH is 1. The summed E-state index contributed by atoms with van der Waals surface area (Å²) in [5.41, 5.74) is 2.99. The molecule has 1 aliphatic rings. The number of hydrogen-bond donors (Lipinski definition) is 3. The number of fused-ring (bicyclic) bond motifs is 1. The molecule has 0 fully saturated rings. The van der Waals surface area contributed by atoms with Gasteiger partial charge in [0, 0.05) is 24.1 Å². The maximum atomic E-state index is 9.87. The van der Waals surface area contributed by atoms with E-state index in [2.05, 4.69) is 36.3 Å². The maximum Gasteiger partial charge on any atom is 0.0950 e. The summed E-state index contributed by atoms with van der Waals surface area (Å²) in [6, 6.07) is 0. The highest BCUT2D eigenvalue weighted by molar-refractivity contribution is 5.34. The summed E-state index contributed by atoms with van der Waals surface area (Å²) in [4.78, 5) is 0. The Kier molecular flexibility index (Phi) is 2.12. The van der Waals surface area contributed by atoms with Crippen molar-refractivity contribution in [3.05, 3.63) is 17.0 Å². The summed E-state index contributed by atoms with van der Waals surface area (Å²) in [7, 11) is 0. The van der Waals surface area contributed by atoms with Crippen molar-refractivity contribution in [1.82, 2.24) is 15.5 Å². The lowest BCUT2D eigenvalue weighted by Crippen LogP contribution is -2.29. The van der Waals surface area contributed by atoms with Crippen molar-refractivity contribution in [2.75, 3.05) is 6.54 Å². The second kappa shape index (κ2) is 3.07. The van der Waals surface area contributed by atoms with Crippen LogP contribution in [0.4, 0.5) is 0 Å². The number of nitrogens with zero attached hydrogens (tertiary/aromatic N) is 1. The topological polar surface area (TPSA) is 60.9 Å². The molecule has 4 heteroatoms. The minimum absolute atomic E-state index is 0.0115. The Labute approximate surface area is 83.7 Å². The third-order valence-electron chi connectivity index (χ3n) is 2.57. The van der Waals surface area contributed by atoms with Gasteiger partial charge < -0.3 is 10.4 Å². The third kappa shape index (κ3) is 1.44. The molecule has 0 saturated carbocycles. The van der Waals surface area contributed by atoms with Gasteiger partial charge in [-0.2, -0.15) is 5.10 Å². The van der Waals surface area contributed by atoms with E-state index in [0.29, 0.717) is 6.54 Å². The largest absolute Gasteiger partial charge is 0.387 e. The van der Waals surface area contributed by atoms with Crippen molar-refractivity contribution in [1.29, 1.82) is 0 Å². The lowest BCUT2D eigenvalue weighted by atomic mass is 9.86. The second-order valence-corrected chi connectivity index (χ2v) is 4.86. The first-order valence-corrected chi connectivity index (χ1v) is 4.96. The molecule has 1 atom stereocenters.